The Morgan fingerprint density at radius 2 is 1.61 bits per heavy atom. The number of rotatable bonds is 6. The van der Waals surface area contributed by atoms with Crippen molar-refractivity contribution in [3.63, 3.8) is 0 Å². The summed E-state index contributed by atoms with van der Waals surface area (Å²) in [5.74, 6) is 0.904. The van der Waals surface area contributed by atoms with Crippen LogP contribution in [0.15, 0.2) is 48.5 Å². The molecular weight excluding hydrogens is 364 g/mol. The molecule has 0 spiro atoms. The van der Waals surface area contributed by atoms with Gasteiger partial charge in [0.15, 0.2) is 8.32 Å². The van der Waals surface area contributed by atoms with Gasteiger partial charge in [-0.25, -0.2) is 0 Å². The van der Waals surface area contributed by atoms with E-state index in [4.69, 9.17) is 13.9 Å². The third-order valence-electron chi connectivity index (χ3n) is 5.88. The van der Waals surface area contributed by atoms with Crippen molar-refractivity contribution in [1.82, 2.24) is 0 Å². The summed E-state index contributed by atoms with van der Waals surface area (Å²) < 4.78 is 18.2. The van der Waals surface area contributed by atoms with E-state index >= 15 is 0 Å². The molecule has 0 saturated carbocycles. The molecule has 0 aliphatic carbocycles. The molecule has 4 heteroatoms. The van der Waals surface area contributed by atoms with Crippen LogP contribution in [0.3, 0.4) is 0 Å². The van der Waals surface area contributed by atoms with Crippen LogP contribution in [0.5, 0.6) is 5.75 Å². The molecule has 0 radical (unpaired) electrons. The van der Waals surface area contributed by atoms with Crippen molar-refractivity contribution < 1.29 is 13.9 Å². The van der Waals surface area contributed by atoms with Crippen molar-refractivity contribution in [2.45, 2.75) is 64.5 Å². The monoisotopic (exact) mass is 398 g/mol. The lowest BCUT2D eigenvalue weighted by Crippen LogP contribution is -2.57. The van der Waals surface area contributed by atoms with Gasteiger partial charge in [0.2, 0.25) is 0 Å². The van der Waals surface area contributed by atoms with Crippen molar-refractivity contribution in [2.75, 3.05) is 13.2 Å². The average Bonchev–Trinajstić information content (AvgIpc) is 2.57. The van der Waals surface area contributed by atoms with Crippen LogP contribution in [0.4, 0.5) is 0 Å². The maximum atomic E-state index is 6.81. The Hall–Kier alpha value is -1.62. The highest BCUT2D eigenvalue weighted by atomic mass is 28.4. The van der Waals surface area contributed by atoms with Gasteiger partial charge < -0.3 is 13.9 Å². The molecule has 2 aromatic rings. The second-order valence-electron chi connectivity index (χ2n) is 9.62. The van der Waals surface area contributed by atoms with E-state index in [0.29, 0.717) is 13.2 Å². The predicted octanol–water partition coefficient (Wildman–Crippen LogP) is 6.39. The Kier molecular flexibility index (Phi) is 5.77. The SMILES string of the molecule is CC(C)Oc1cccc(-c2ccc(C3(O[Si](C)(C)C(C)(C)C)COC3)cc2)c1. The van der Waals surface area contributed by atoms with E-state index in [9.17, 15) is 0 Å². The third kappa shape index (κ3) is 4.34. The molecule has 0 aromatic heterocycles. The molecule has 1 heterocycles. The van der Waals surface area contributed by atoms with Gasteiger partial charge in [0.25, 0.3) is 0 Å². The summed E-state index contributed by atoms with van der Waals surface area (Å²) in [6.07, 6.45) is 0.170. The van der Waals surface area contributed by atoms with Crippen LogP contribution in [0.2, 0.25) is 18.1 Å². The second kappa shape index (κ2) is 7.66. The topological polar surface area (TPSA) is 27.7 Å². The maximum absolute atomic E-state index is 6.81. The lowest BCUT2D eigenvalue weighted by Gasteiger charge is -2.50. The molecule has 1 saturated heterocycles. The molecule has 3 rings (SSSR count). The van der Waals surface area contributed by atoms with Crippen LogP contribution >= 0.6 is 0 Å². The van der Waals surface area contributed by atoms with Crippen LogP contribution in [-0.4, -0.2) is 27.6 Å². The molecule has 0 amide bonds. The van der Waals surface area contributed by atoms with E-state index < -0.39 is 8.32 Å². The van der Waals surface area contributed by atoms with Crippen LogP contribution < -0.4 is 4.74 Å². The highest BCUT2D eigenvalue weighted by molar-refractivity contribution is 6.74. The molecule has 1 aliphatic heterocycles. The summed E-state index contributed by atoms with van der Waals surface area (Å²) >= 11 is 0. The van der Waals surface area contributed by atoms with Crippen LogP contribution in [0, 0.1) is 0 Å². The van der Waals surface area contributed by atoms with Crippen LogP contribution in [0.25, 0.3) is 11.1 Å². The van der Waals surface area contributed by atoms with Crippen molar-refractivity contribution in [3.05, 3.63) is 54.1 Å². The zero-order valence-corrected chi connectivity index (χ0v) is 19.3. The predicted molar refractivity (Wildman–Crippen MR) is 118 cm³/mol. The Morgan fingerprint density at radius 1 is 0.964 bits per heavy atom. The molecule has 2 aromatic carbocycles. The first-order valence-electron chi connectivity index (χ1n) is 10.2. The van der Waals surface area contributed by atoms with E-state index in [1.165, 1.54) is 11.1 Å². The summed E-state index contributed by atoms with van der Waals surface area (Å²) in [5, 5.41) is 0.173. The van der Waals surface area contributed by atoms with Gasteiger partial charge in [-0.15, -0.1) is 0 Å². The third-order valence-corrected chi connectivity index (χ3v) is 10.4. The average molecular weight is 399 g/mol. The zero-order valence-electron chi connectivity index (χ0n) is 18.3. The van der Waals surface area contributed by atoms with E-state index in [-0.39, 0.29) is 16.7 Å². The van der Waals surface area contributed by atoms with Crippen molar-refractivity contribution in [3.8, 4) is 16.9 Å². The fraction of sp³-hybridized carbons (Fsp3) is 0.500. The summed E-state index contributed by atoms with van der Waals surface area (Å²) in [7, 11) is -1.89. The Labute approximate surface area is 171 Å². The van der Waals surface area contributed by atoms with Gasteiger partial charge in [-0.05, 0) is 60.8 Å². The molecule has 0 atom stereocenters. The van der Waals surface area contributed by atoms with E-state index in [0.717, 1.165) is 11.3 Å². The van der Waals surface area contributed by atoms with E-state index in [2.05, 4.69) is 70.3 Å². The zero-order chi connectivity index (χ0) is 20.6. The molecule has 152 valence electrons. The van der Waals surface area contributed by atoms with Gasteiger partial charge in [0.1, 0.15) is 11.4 Å². The number of ether oxygens (including phenoxy) is 2. The lowest BCUT2D eigenvalue weighted by molar-refractivity contribution is -0.174. The Bertz CT molecular complexity index is 799. The Morgan fingerprint density at radius 3 is 2.11 bits per heavy atom. The maximum Gasteiger partial charge on any atom is 0.193 e. The van der Waals surface area contributed by atoms with E-state index in [1.54, 1.807) is 0 Å². The van der Waals surface area contributed by atoms with Crippen molar-refractivity contribution in [2.24, 2.45) is 0 Å². The first kappa shape index (κ1) is 21.1. The first-order chi connectivity index (χ1) is 13.0. The van der Waals surface area contributed by atoms with Gasteiger partial charge in [-0.2, -0.15) is 0 Å². The molecule has 0 unspecified atom stereocenters. The van der Waals surface area contributed by atoms with Crippen molar-refractivity contribution >= 4 is 8.32 Å². The smallest absolute Gasteiger partial charge is 0.193 e. The van der Waals surface area contributed by atoms with E-state index in [1.807, 2.05) is 26.0 Å². The fourth-order valence-electron chi connectivity index (χ4n) is 3.20. The van der Waals surface area contributed by atoms with Gasteiger partial charge in [0.05, 0.1) is 19.3 Å². The van der Waals surface area contributed by atoms with Gasteiger partial charge in [-0.3, -0.25) is 0 Å². The standard InChI is InChI=1S/C24H34O3Si/c1-18(2)26-22-10-8-9-20(15-22)19-11-13-21(14-12-19)24(16-25-17-24)27-28(6,7)23(3,4)5/h8-15,18H,16-17H2,1-7H3. The van der Waals surface area contributed by atoms with Crippen LogP contribution in [0.1, 0.15) is 40.2 Å². The minimum absolute atomic E-state index is 0.170. The molecule has 0 N–H and O–H groups in total. The lowest BCUT2D eigenvalue weighted by atomic mass is 9.90. The number of hydrogen-bond donors (Lipinski definition) is 0. The van der Waals surface area contributed by atoms with Crippen molar-refractivity contribution in [1.29, 1.82) is 0 Å². The minimum atomic E-state index is -1.89. The van der Waals surface area contributed by atoms with Gasteiger partial charge >= 0.3 is 0 Å². The highest BCUT2D eigenvalue weighted by Crippen LogP contribution is 2.44. The molecule has 1 fully saturated rings. The summed E-state index contributed by atoms with van der Waals surface area (Å²) in [5.41, 5.74) is 3.25. The molecule has 3 nitrogen and oxygen atoms in total. The normalized spacial score (nSPS) is 16.7. The molecule has 1 aliphatic rings. The summed E-state index contributed by atoms with van der Waals surface area (Å²) in [4.78, 5) is 0. The summed E-state index contributed by atoms with van der Waals surface area (Å²) in [6.45, 7) is 16.8. The first-order valence-corrected chi connectivity index (χ1v) is 13.1. The minimum Gasteiger partial charge on any atom is -0.491 e. The number of benzene rings is 2. The largest absolute Gasteiger partial charge is 0.491 e. The molecule has 0 bridgehead atoms. The van der Waals surface area contributed by atoms with Gasteiger partial charge in [-0.1, -0.05) is 57.2 Å². The highest BCUT2D eigenvalue weighted by Gasteiger charge is 2.49. The fourth-order valence-corrected chi connectivity index (χ4v) is 4.72. The van der Waals surface area contributed by atoms with Gasteiger partial charge in [0, 0.05) is 0 Å². The number of hydrogen-bond acceptors (Lipinski definition) is 3. The second-order valence-corrected chi connectivity index (χ2v) is 14.3. The molecular formula is C24H34O3Si. The quantitative estimate of drug-likeness (QED) is 0.528. The Balaban J connectivity index is 1.84. The van der Waals surface area contributed by atoms with Crippen LogP contribution in [-0.2, 0) is 14.8 Å². The molecule has 28 heavy (non-hydrogen) atoms. The summed E-state index contributed by atoms with van der Waals surface area (Å²) in [6, 6.07) is 17.0.